The van der Waals surface area contributed by atoms with Gasteiger partial charge in [0.15, 0.2) is 0 Å². The minimum atomic E-state index is -5.04. The number of benzene rings is 1. The van der Waals surface area contributed by atoms with Gasteiger partial charge in [-0.3, -0.25) is 5.84 Å². The van der Waals surface area contributed by atoms with Crippen molar-refractivity contribution >= 4 is 5.69 Å². The van der Waals surface area contributed by atoms with Gasteiger partial charge in [0.1, 0.15) is 5.75 Å². The van der Waals surface area contributed by atoms with Crippen molar-refractivity contribution in [1.29, 1.82) is 0 Å². The Morgan fingerprint density at radius 3 is 2.53 bits per heavy atom. The first kappa shape index (κ1) is 11.6. The molecule has 0 saturated carbocycles. The van der Waals surface area contributed by atoms with Gasteiger partial charge in [0.25, 0.3) is 0 Å². The van der Waals surface area contributed by atoms with Gasteiger partial charge in [-0.25, -0.2) is 0 Å². The zero-order chi connectivity index (χ0) is 11.5. The zero-order valence-corrected chi connectivity index (χ0v) is 7.38. The van der Waals surface area contributed by atoms with Crippen LogP contribution in [0.3, 0.4) is 0 Å². The van der Waals surface area contributed by atoms with Crippen molar-refractivity contribution in [3.63, 3.8) is 0 Å². The van der Waals surface area contributed by atoms with Crippen LogP contribution in [0.15, 0.2) is 24.3 Å². The Morgan fingerprint density at radius 2 is 2.00 bits per heavy atom. The summed E-state index contributed by atoms with van der Waals surface area (Å²) in [4.78, 5) is 0. The van der Waals surface area contributed by atoms with E-state index in [2.05, 4.69) is 10.2 Å². The molecule has 0 radical (unpaired) electrons. The number of nitrogen functional groups attached to an aromatic ring is 1. The molecule has 0 amide bonds. The molecule has 0 heterocycles. The Hall–Kier alpha value is -1.50. The molecule has 1 aromatic carbocycles. The molecule has 0 aliphatic carbocycles. The Bertz CT molecular complexity index is 329. The van der Waals surface area contributed by atoms with E-state index >= 15 is 0 Å². The van der Waals surface area contributed by atoms with Crippen LogP contribution >= 0.6 is 0 Å². The third-order valence-corrected chi connectivity index (χ3v) is 1.50. The van der Waals surface area contributed by atoms with Gasteiger partial charge in [-0.05, 0) is 12.1 Å². The van der Waals surface area contributed by atoms with Crippen LogP contribution in [0.5, 0.6) is 5.75 Å². The lowest BCUT2D eigenvalue weighted by Crippen LogP contribution is -2.29. The van der Waals surface area contributed by atoms with E-state index in [9.17, 15) is 17.6 Å². The zero-order valence-electron chi connectivity index (χ0n) is 7.38. The van der Waals surface area contributed by atoms with Crippen molar-refractivity contribution in [3.8, 4) is 5.75 Å². The number of hydrazine groups is 1. The van der Waals surface area contributed by atoms with Crippen LogP contribution in [0, 0.1) is 0 Å². The number of nitrogens with two attached hydrogens (primary N) is 1. The molecule has 1 aromatic rings. The van der Waals surface area contributed by atoms with Crippen LogP contribution in [0.2, 0.25) is 0 Å². The molecule has 7 heteroatoms. The first-order valence-electron chi connectivity index (χ1n) is 3.87. The smallest absolute Gasteiger partial charge is 0.452 e. The van der Waals surface area contributed by atoms with Gasteiger partial charge in [0, 0.05) is 6.07 Å². The van der Waals surface area contributed by atoms with E-state index in [1.165, 1.54) is 18.2 Å². The first-order valence-corrected chi connectivity index (χ1v) is 3.87. The van der Waals surface area contributed by atoms with Crippen LogP contribution in [0.25, 0.3) is 0 Å². The Kier molecular flexibility index (Phi) is 3.35. The Morgan fingerprint density at radius 1 is 1.33 bits per heavy atom. The molecule has 3 nitrogen and oxygen atoms in total. The first-order chi connectivity index (χ1) is 6.93. The summed E-state index contributed by atoms with van der Waals surface area (Å²) in [5.74, 6) is 4.76. The molecule has 0 aromatic heterocycles. The molecule has 0 aliphatic rings. The maximum atomic E-state index is 12.4. The van der Waals surface area contributed by atoms with Gasteiger partial charge in [0.2, 0.25) is 0 Å². The van der Waals surface area contributed by atoms with Gasteiger partial charge >= 0.3 is 12.5 Å². The van der Waals surface area contributed by atoms with E-state index in [4.69, 9.17) is 5.84 Å². The average molecular weight is 224 g/mol. The van der Waals surface area contributed by atoms with Crippen molar-refractivity contribution in [3.05, 3.63) is 24.3 Å². The topological polar surface area (TPSA) is 47.3 Å². The summed E-state index contributed by atoms with van der Waals surface area (Å²) in [6, 6.07) is 5.22. The molecule has 1 rings (SSSR count). The summed E-state index contributed by atoms with van der Waals surface area (Å²) in [5, 5.41) is 0. The fraction of sp³-hybridized carbons (Fsp3) is 0.250. The lowest BCUT2D eigenvalue weighted by atomic mass is 10.3. The monoisotopic (exact) mass is 224 g/mol. The molecule has 1 unspecified atom stereocenters. The van der Waals surface area contributed by atoms with E-state index in [-0.39, 0.29) is 5.75 Å². The summed E-state index contributed by atoms with van der Waals surface area (Å²) >= 11 is 0. The number of halogens is 4. The third-order valence-electron chi connectivity index (χ3n) is 1.50. The van der Waals surface area contributed by atoms with Crippen LogP contribution in [0.4, 0.5) is 23.2 Å². The highest BCUT2D eigenvalue weighted by atomic mass is 19.4. The molecule has 0 fully saturated rings. The van der Waals surface area contributed by atoms with E-state index in [1.54, 1.807) is 0 Å². The summed E-state index contributed by atoms with van der Waals surface area (Å²) < 4.78 is 51.8. The molecule has 0 bridgehead atoms. The van der Waals surface area contributed by atoms with Gasteiger partial charge in [-0.1, -0.05) is 6.07 Å². The third kappa shape index (κ3) is 3.28. The summed E-state index contributed by atoms with van der Waals surface area (Å²) in [5.41, 5.74) is 2.52. The average Bonchev–Trinajstić information content (AvgIpc) is 2.16. The Balaban J connectivity index is 2.72. The van der Waals surface area contributed by atoms with E-state index in [1.807, 2.05) is 0 Å². The minimum Gasteiger partial charge on any atom is -0.452 e. The van der Waals surface area contributed by atoms with Crippen LogP contribution < -0.4 is 16.0 Å². The number of hydrogen-bond donors (Lipinski definition) is 2. The van der Waals surface area contributed by atoms with Crippen molar-refractivity contribution < 1.29 is 22.3 Å². The quantitative estimate of drug-likeness (QED) is 0.470. The molecule has 3 N–H and O–H groups in total. The second-order valence-corrected chi connectivity index (χ2v) is 2.65. The molecular formula is C8H8F4N2O. The van der Waals surface area contributed by atoms with Crippen LogP contribution in [-0.4, -0.2) is 12.5 Å². The fourth-order valence-corrected chi connectivity index (χ4v) is 0.845. The molecule has 15 heavy (non-hydrogen) atoms. The molecule has 0 saturated heterocycles. The number of anilines is 1. The highest BCUT2D eigenvalue weighted by Crippen LogP contribution is 2.27. The number of rotatable bonds is 3. The highest BCUT2D eigenvalue weighted by Gasteiger charge is 2.42. The number of hydrogen-bond acceptors (Lipinski definition) is 3. The minimum absolute atomic E-state index is 0.254. The highest BCUT2D eigenvalue weighted by molar-refractivity contribution is 5.46. The van der Waals surface area contributed by atoms with Crippen molar-refractivity contribution in [2.75, 3.05) is 5.43 Å². The summed E-state index contributed by atoms with van der Waals surface area (Å²) in [7, 11) is 0. The maximum Gasteiger partial charge on any atom is 0.457 e. The van der Waals surface area contributed by atoms with Gasteiger partial charge in [-0.15, -0.1) is 0 Å². The summed E-state index contributed by atoms with van der Waals surface area (Å²) in [6.45, 7) is 0. The van der Waals surface area contributed by atoms with Crippen molar-refractivity contribution in [2.24, 2.45) is 5.84 Å². The second kappa shape index (κ2) is 4.35. The molecular weight excluding hydrogens is 216 g/mol. The van der Waals surface area contributed by atoms with E-state index in [0.29, 0.717) is 5.69 Å². The molecule has 0 spiro atoms. The lowest BCUT2D eigenvalue weighted by Gasteiger charge is -2.14. The van der Waals surface area contributed by atoms with Crippen molar-refractivity contribution in [1.82, 2.24) is 0 Å². The molecule has 1 atom stereocenters. The summed E-state index contributed by atoms with van der Waals surface area (Å²) in [6.07, 6.45) is -8.38. The maximum absolute atomic E-state index is 12.4. The molecule has 0 aliphatic heterocycles. The Labute approximate surface area is 82.8 Å². The van der Waals surface area contributed by atoms with Crippen LogP contribution in [-0.2, 0) is 0 Å². The fourth-order valence-electron chi connectivity index (χ4n) is 0.845. The molecule has 84 valence electrons. The number of ether oxygens (including phenoxy) is 1. The largest absolute Gasteiger partial charge is 0.457 e. The predicted molar refractivity (Wildman–Crippen MR) is 45.8 cm³/mol. The number of alkyl halides is 4. The lowest BCUT2D eigenvalue weighted by molar-refractivity contribution is -0.236. The standard InChI is InChI=1S/C8H8F4N2O/c9-7(8(10,11)12)15-6-3-1-2-5(4-6)14-13/h1-4,7,14H,13H2. The van der Waals surface area contributed by atoms with E-state index < -0.39 is 12.5 Å². The normalized spacial score (nSPS) is 13.4. The van der Waals surface area contributed by atoms with Gasteiger partial charge in [-0.2, -0.15) is 17.6 Å². The van der Waals surface area contributed by atoms with Gasteiger partial charge in [0.05, 0.1) is 5.69 Å². The van der Waals surface area contributed by atoms with Crippen molar-refractivity contribution in [2.45, 2.75) is 12.5 Å². The predicted octanol–water partition coefficient (Wildman–Crippen LogP) is 2.21. The van der Waals surface area contributed by atoms with Crippen LogP contribution in [0.1, 0.15) is 0 Å². The van der Waals surface area contributed by atoms with Gasteiger partial charge < -0.3 is 10.2 Å². The number of nitrogens with one attached hydrogen (secondary N) is 1. The van der Waals surface area contributed by atoms with E-state index in [0.717, 1.165) is 6.07 Å². The second-order valence-electron chi connectivity index (χ2n) is 2.65. The SMILES string of the molecule is NNc1cccc(OC(F)C(F)(F)F)c1.